The largest absolute Gasteiger partial charge is 0.457 e. The molecule has 1 aliphatic rings. The van der Waals surface area contributed by atoms with Gasteiger partial charge in [-0.25, -0.2) is 5.43 Å². The number of ether oxygens (including phenoxy) is 1. The fourth-order valence-corrected chi connectivity index (χ4v) is 4.48. The number of fused-ring (bicyclic) bond motifs is 1. The van der Waals surface area contributed by atoms with Crippen molar-refractivity contribution in [3.05, 3.63) is 61.0 Å². The predicted octanol–water partition coefficient (Wildman–Crippen LogP) is 3.20. The number of esters is 1. The predicted molar refractivity (Wildman–Crippen MR) is 153 cm³/mol. The van der Waals surface area contributed by atoms with Crippen LogP contribution in [0, 0.1) is 5.92 Å². The first-order valence-electron chi connectivity index (χ1n) is 13.5. The van der Waals surface area contributed by atoms with E-state index in [1.165, 1.54) is 11.1 Å². The minimum Gasteiger partial charge on any atom is -0.457 e. The normalized spacial score (nSPS) is 17.4. The molecule has 10 nitrogen and oxygen atoms in total. The molecule has 1 aromatic carbocycles. The van der Waals surface area contributed by atoms with E-state index in [-0.39, 0.29) is 24.2 Å². The van der Waals surface area contributed by atoms with Gasteiger partial charge in [-0.05, 0) is 61.8 Å². The van der Waals surface area contributed by atoms with Crippen LogP contribution < -0.4 is 16.1 Å². The van der Waals surface area contributed by atoms with Crippen molar-refractivity contribution in [2.45, 2.75) is 71.2 Å². The molecule has 0 radical (unpaired) electrons. The zero-order valence-corrected chi connectivity index (χ0v) is 23.6. The van der Waals surface area contributed by atoms with Gasteiger partial charge in [0.1, 0.15) is 24.2 Å². The molecule has 40 heavy (non-hydrogen) atoms. The molecule has 2 aromatic rings. The van der Waals surface area contributed by atoms with Gasteiger partial charge in [-0.15, -0.1) is 6.58 Å². The van der Waals surface area contributed by atoms with Crippen molar-refractivity contribution in [1.82, 2.24) is 26.1 Å². The lowest BCUT2D eigenvalue weighted by Gasteiger charge is -2.35. The van der Waals surface area contributed by atoms with Gasteiger partial charge in [0.25, 0.3) is 5.91 Å². The fourth-order valence-electron chi connectivity index (χ4n) is 4.48. The van der Waals surface area contributed by atoms with Gasteiger partial charge in [0.05, 0.1) is 5.69 Å². The van der Waals surface area contributed by atoms with Crippen LogP contribution in [-0.2, 0) is 23.9 Å². The topological polar surface area (TPSA) is 130 Å². The van der Waals surface area contributed by atoms with Crippen LogP contribution in [0.1, 0.15) is 64.3 Å². The number of nitrogens with zero attached hydrogens (tertiary/aromatic N) is 2. The van der Waals surface area contributed by atoms with Gasteiger partial charge in [-0.2, -0.15) is 0 Å². The summed E-state index contributed by atoms with van der Waals surface area (Å²) in [6.45, 7) is 14.7. The second-order valence-electron chi connectivity index (χ2n) is 10.3. The number of pyridine rings is 1. The van der Waals surface area contributed by atoms with Crippen LogP contribution in [0.5, 0.6) is 0 Å². The van der Waals surface area contributed by atoms with Gasteiger partial charge in [-0.1, -0.05) is 38.6 Å². The molecule has 0 saturated carbocycles. The van der Waals surface area contributed by atoms with Gasteiger partial charge in [0.15, 0.2) is 0 Å². The second kappa shape index (κ2) is 13.8. The average molecular weight is 550 g/mol. The number of carbonyl (C=O) groups excluding carboxylic acids is 4. The molecule has 1 fully saturated rings. The van der Waals surface area contributed by atoms with E-state index in [1.54, 1.807) is 26.1 Å². The third-order valence-corrected chi connectivity index (χ3v) is 6.80. The zero-order chi connectivity index (χ0) is 29.4. The lowest BCUT2D eigenvalue weighted by molar-refractivity contribution is -0.157. The lowest BCUT2D eigenvalue weighted by Crippen LogP contribution is -2.61. The highest BCUT2D eigenvalue weighted by Crippen LogP contribution is 2.24. The first kappa shape index (κ1) is 30.5. The van der Waals surface area contributed by atoms with Crippen molar-refractivity contribution < 1.29 is 23.9 Å². The van der Waals surface area contributed by atoms with E-state index in [2.05, 4.69) is 34.2 Å². The molecule has 1 saturated heterocycles. The maximum atomic E-state index is 13.1. The van der Waals surface area contributed by atoms with E-state index < -0.39 is 36.1 Å². The highest BCUT2D eigenvalue weighted by molar-refractivity contribution is 5.92. The Kier molecular flexibility index (Phi) is 10.6. The Bertz CT molecular complexity index is 1280. The number of hydrazine groups is 1. The van der Waals surface area contributed by atoms with E-state index in [0.29, 0.717) is 19.4 Å². The van der Waals surface area contributed by atoms with E-state index in [9.17, 15) is 19.2 Å². The maximum Gasteiger partial charge on any atom is 0.325 e. The third-order valence-electron chi connectivity index (χ3n) is 6.80. The summed E-state index contributed by atoms with van der Waals surface area (Å²) in [5.74, 6) is -1.82. The van der Waals surface area contributed by atoms with Gasteiger partial charge >= 0.3 is 5.97 Å². The zero-order valence-electron chi connectivity index (χ0n) is 23.6. The number of benzene rings is 1. The SMILES string of the molecule is C=CCC(=O)N[C@H](C(=O)NC(C)C(=O)N1CCC[C@@H](C(=O)O[C@H](C)c2ccc3cnc(C=C)cc3c2)N1)C(C)C. The molecule has 1 unspecified atom stereocenters. The summed E-state index contributed by atoms with van der Waals surface area (Å²) >= 11 is 0. The molecule has 1 aliphatic heterocycles. The molecule has 214 valence electrons. The van der Waals surface area contributed by atoms with Gasteiger partial charge < -0.3 is 15.4 Å². The van der Waals surface area contributed by atoms with E-state index in [0.717, 1.165) is 22.0 Å². The van der Waals surface area contributed by atoms with Crippen LogP contribution in [0.3, 0.4) is 0 Å². The van der Waals surface area contributed by atoms with Crippen molar-refractivity contribution in [1.29, 1.82) is 0 Å². The first-order chi connectivity index (χ1) is 19.0. The molecule has 3 N–H and O–H groups in total. The molecule has 10 heteroatoms. The molecule has 3 rings (SSSR count). The quantitative estimate of drug-likeness (QED) is 0.290. The summed E-state index contributed by atoms with van der Waals surface area (Å²) in [5, 5.41) is 8.66. The molecule has 1 aromatic heterocycles. The van der Waals surface area contributed by atoms with Crippen LogP contribution in [0.2, 0.25) is 0 Å². The Hall–Kier alpha value is -4.05. The van der Waals surface area contributed by atoms with Crippen LogP contribution in [-0.4, -0.2) is 58.4 Å². The standard InChI is InChI=1S/C30H39N5O5/c1-7-10-26(36)33-27(18(3)4)28(37)32-19(5)29(38)35-14-9-11-25(34-35)30(39)40-20(6)21-12-13-22-17-31-24(8-2)16-23(22)15-21/h7-8,12-13,15-20,25,27,34H,1-2,9-11,14H2,3-6H3,(H,32,37)(H,33,36)/t19?,20-,25+,27+/m1/s1. The first-order valence-corrected chi connectivity index (χ1v) is 13.5. The number of hydrogen-bond acceptors (Lipinski definition) is 7. The highest BCUT2D eigenvalue weighted by atomic mass is 16.5. The van der Waals surface area contributed by atoms with Gasteiger partial charge in [0.2, 0.25) is 11.8 Å². The molecular weight excluding hydrogens is 510 g/mol. The molecule has 4 atom stereocenters. The van der Waals surface area contributed by atoms with Crippen molar-refractivity contribution in [2.24, 2.45) is 5.92 Å². The van der Waals surface area contributed by atoms with Crippen LogP contribution in [0.4, 0.5) is 0 Å². The number of carbonyl (C=O) groups is 4. The van der Waals surface area contributed by atoms with E-state index in [1.807, 2.05) is 38.1 Å². The molecule has 3 amide bonds. The third kappa shape index (κ3) is 7.75. The fraction of sp³-hybridized carbons (Fsp3) is 0.433. The molecule has 0 aliphatic carbocycles. The summed E-state index contributed by atoms with van der Waals surface area (Å²) < 4.78 is 5.76. The number of aromatic nitrogens is 1. The summed E-state index contributed by atoms with van der Waals surface area (Å²) in [7, 11) is 0. The Labute approximate surface area is 235 Å². The van der Waals surface area contributed by atoms with Crippen molar-refractivity contribution >= 4 is 40.5 Å². The molecule has 2 heterocycles. The van der Waals surface area contributed by atoms with E-state index in [4.69, 9.17) is 4.74 Å². The van der Waals surface area contributed by atoms with Crippen LogP contribution >= 0.6 is 0 Å². The summed E-state index contributed by atoms with van der Waals surface area (Å²) in [4.78, 5) is 55.3. The Morgan fingerprint density at radius 2 is 1.88 bits per heavy atom. The second-order valence-corrected chi connectivity index (χ2v) is 10.3. The van der Waals surface area contributed by atoms with Gasteiger partial charge in [0, 0.05) is 24.5 Å². The Morgan fingerprint density at radius 1 is 1.12 bits per heavy atom. The minimum atomic E-state index is -0.876. The van der Waals surface area contributed by atoms with Crippen molar-refractivity contribution in [2.75, 3.05) is 6.54 Å². The maximum absolute atomic E-state index is 13.1. The number of hydrogen-bond donors (Lipinski definition) is 3. The molecule has 0 spiro atoms. The van der Waals surface area contributed by atoms with Crippen LogP contribution in [0.25, 0.3) is 16.8 Å². The van der Waals surface area contributed by atoms with Gasteiger partial charge in [-0.3, -0.25) is 29.2 Å². The lowest BCUT2D eigenvalue weighted by atomic mass is 10.0. The smallest absolute Gasteiger partial charge is 0.325 e. The van der Waals surface area contributed by atoms with Crippen molar-refractivity contribution in [3.63, 3.8) is 0 Å². The monoisotopic (exact) mass is 549 g/mol. The molecule has 0 bridgehead atoms. The van der Waals surface area contributed by atoms with Crippen molar-refractivity contribution in [3.8, 4) is 0 Å². The summed E-state index contributed by atoms with van der Waals surface area (Å²) in [5.41, 5.74) is 4.56. The Balaban J connectivity index is 1.59. The number of rotatable bonds is 11. The number of nitrogens with one attached hydrogen (secondary N) is 3. The van der Waals surface area contributed by atoms with E-state index >= 15 is 0 Å². The molecular formula is C30H39N5O5. The highest BCUT2D eigenvalue weighted by Gasteiger charge is 2.33. The summed E-state index contributed by atoms with van der Waals surface area (Å²) in [6, 6.07) is 5.33. The van der Waals surface area contributed by atoms with Crippen LogP contribution in [0.15, 0.2) is 49.7 Å². The Morgan fingerprint density at radius 3 is 2.55 bits per heavy atom. The summed E-state index contributed by atoms with van der Waals surface area (Å²) in [6.07, 6.45) is 5.59. The minimum absolute atomic E-state index is 0.0906. The number of amides is 3. The average Bonchev–Trinajstić information content (AvgIpc) is 2.94.